The van der Waals surface area contributed by atoms with Crippen LogP contribution in [0.1, 0.15) is 17.5 Å². The molecule has 2 aromatic carbocycles. The summed E-state index contributed by atoms with van der Waals surface area (Å²) in [6.45, 7) is -1.70. The quantitative estimate of drug-likeness (QED) is 0.713. The van der Waals surface area contributed by atoms with Gasteiger partial charge in [-0.25, -0.2) is 21.6 Å². The van der Waals surface area contributed by atoms with E-state index in [-0.39, 0.29) is 10.6 Å². The van der Waals surface area contributed by atoms with Crippen LogP contribution in [0.5, 0.6) is 0 Å². The van der Waals surface area contributed by atoms with Crippen LogP contribution in [0.15, 0.2) is 58.3 Å². The van der Waals surface area contributed by atoms with Crippen molar-refractivity contribution in [2.75, 3.05) is 11.3 Å². The van der Waals surface area contributed by atoms with Crippen LogP contribution in [0.4, 0.5) is 18.9 Å². The molecule has 1 aliphatic rings. The predicted molar refractivity (Wildman–Crippen MR) is 103 cm³/mol. The van der Waals surface area contributed by atoms with E-state index >= 15 is 0 Å². The summed E-state index contributed by atoms with van der Waals surface area (Å²) in [5.74, 6) is 0. The smallest absolute Gasteiger partial charge is 0.280 e. The van der Waals surface area contributed by atoms with E-state index in [1.807, 2.05) is 24.3 Å². The molecule has 11 heteroatoms. The molecule has 156 valence electrons. The number of halogens is 3. The molecule has 0 saturated carbocycles. The number of alkyl halides is 3. The molecule has 29 heavy (non-hydrogen) atoms. The average Bonchev–Trinajstić information content (AvgIpc) is 2.66. The minimum atomic E-state index is -4.69. The van der Waals surface area contributed by atoms with E-state index in [2.05, 4.69) is 4.72 Å². The van der Waals surface area contributed by atoms with Gasteiger partial charge in [-0.15, -0.1) is 0 Å². The van der Waals surface area contributed by atoms with Crippen molar-refractivity contribution in [3.8, 4) is 0 Å². The third kappa shape index (κ3) is 5.37. The molecule has 6 nitrogen and oxygen atoms in total. The van der Waals surface area contributed by atoms with Gasteiger partial charge in [0.25, 0.3) is 10.0 Å². The highest BCUT2D eigenvalue weighted by atomic mass is 32.2. The van der Waals surface area contributed by atoms with Crippen LogP contribution in [0.3, 0.4) is 0 Å². The largest absolute Gasteiger partial charge is 0.402 e. The summed E-state index contributed by atoms with van der Waals surface area (Å²) in [5.41, 5.74) is 1.96. The fourth-order valence-electron chi connectivity index (χ4n) is 2.80. The molecule has 2 N–H and O–H groups in total. The Labute approximate surface area is 166 Å². The second kappa shape index (κ2) is 7.81. The van der Waals surface area contributed by atoms with Gasteiger partial charge in [-0.05, 0) is 54.3 Å². The second-order valence-electron chi connectivity index (χ2n) is 6.38. The Morgan fingerprint density at radius 3 is 2.17 bits per heavy atom. The highest BCUT2D eigenvalue weighted by Gasteiger charge is 2.30. The molecule has 0 aliphatic heterocycles. The van der Waals surface area contributed by atoms with Crippen molar-refractivity contribution < 1.29 is 30.0 Å². The molecule has 0 amide bonds. The standard InChI is InChI=1S/C18H17F3N2O4S2/c19-18(20,21)12-22-28(24,25)16-9-6-15(7-10-16)23-29(26,27)17-8-5-13-3-1-2-4-14(13)11-17/h1-4,6-7,9-11,22-23H,5,8,12H2. The van der Waals surface area contributed by atoms with Gasteiger partial charge in [0.05, 0.1) is 9.80 Å². The van der Waals surface area contributed by atoms with Crippen LogP contribution < -0.4 is 9.44 Å². The first-order chi connectivity index (χ1) is 13.5. The minimum Gasteiger partial charge on any atom is -0.280 e. The van der Waals surface area contributed by atoms with Crippen molar-refractivity contribution >= 4 is 31.8 Å². The van der Waals surface area contributed by atoms with Gasteiger partial charge in [-0.2, -0.15) is 13.2 Å². The minimum absolute atomic E-state index is 0.0968. The number of anilines is 1. The van der Waals surface area contributed by atoms with Gasteiger partial charge >= 0.3 is 6.18 Å². The molecule has 0 aromatic heterocycles. The van der Waals surface area contributed by atoms with Crippen LogP contribution in [0, 0.1) is 0 Å². The molecule has 0 fully saturated rings. The molecular weight excluding hydrogens is 429 g/mol. The Kier molecular flexibility index (Phi) is 5.74. The third-order valence-corrected chi connectivity index (χ3v) is 7.17. The van der Waals surface area contributed by atoms with Crippen LogP contribution in [0.2, 0.25) is 0 Å². The fraction of sp³-hybridized carbons (Fsp3) is 0.222. The molecule has 0 unspecified atom stereocenters. The van der Waals surface area contributed by atoms with Gasteiger partial charge in [0, 0.05) is 5.69 Å². The van der Waals surface area contributed by atoms with Gasteiger partial charge in [-0.3, -0.25) is 4.72 Å². The zero-order valence-corrected chi connectivity index (χ0v) is 16.5. The van der Waals surface area contributed by atoms with Gasteiger partial charge in [-0.1, -0.05) is 24.3 Å². The first-order valence-corrected chi connectivity index (χ1v) is 11.4. The van der Waals surface area contributed by atoms with E-state index in [4.69, 9.17) is 0 Å². The summed E-state index contributed by atoms with van der Waals surface area (Å²) in [6.07, 6.45) is -2.21. The van der Waals surface area contributed by atoms with Crippen LogP contribution >= 0.6 is 0 Å². The van der Waals surface area contributed by atoms with E-state index in [1.165, 1.54) is 16.9 Å². The Morgan fingerprint density at radius 1 is 0.862 bits per heavy atom. The number of nitrogens with one attached hydrogen (secondary N) is 2. The van der Waals surface area contributed by atoms with Crippen molar-refractivity contribution in [3.63, 3.8) is 0 Å². The summed E-state index contributed by atoms with van der Waals surface area (Å²) in [7, 11) is -8.23. The molecule has 2 aromatic rings. The van der Waals surface area contributed by atoms with Crippen LogP contribution in [0.25, 0.3) is 6.08 Å². The number of aryl methyl sites for hydroxylation is 1. The number of allylic oxidation sites excluding steroid dienone is 1. The number of hydrogen-bond donors (Lipinski definition) is 2. The molecule has 0 bridgehead atoms. The van der Waals surface area contributed by atoms with E-state index in [0.717, 1.165) is 23.3 Å². The molecule has 0 saturated heterocycles. The van der Waals surface area contributed by atoms with Gasteiger partial charge in [0.2, 0.25) is 10.0 Å². The molecule has 1 aliphatic carbocycles. The lowest BCUT2D eigenvalue weighted by atomic mass is 9.98. The van der Waals surface area contributed by atoms with Gasteiger partial charge < -0.3 is 0 Å². The van der Waals surface area contributed by atoms with Crippen LogP contribution in [-0.2, 0) is 26.5 Å². The van der Waals surface area contributed by atoms with E-state index in [9.17, 15) is 30.0 Å². The van der Waals surface area contributed by atoms with Gasteiger partial charge in [0.1, 0.15) is 6.54 Å². The van der Waals surface area contributed by atoms with E-state index in [0.29, 0.717) is 12.8 Å². The van der Waals surface area contributed by atoms with E-state index in [1.54, 1.807) is 6.08 Å². The Hall–Kier alpha value is -2.37. The Morgan fingerprint density at radius 2 is 1.52 bits per heavy atom. The summed E-state index contributed by atoms with van der Waals surface area (Å²) >= 11 is 0. The molecular formula is C18H17F3N2O4S2. The fourth-order valence-corrected chi connectivity index (χ4v) is 5.05. The summed E-state index contributed by atoms with van der Waals surface area (Å²) in [6, 6.07) is 11.8. The maximum atomic E-state index is 12.6. The second-order valence-corrected chi connectivity index (χ2v) is 9.88. The third-order valence-electron chi connectivity index (χ3n) is 4.24. The van der Waals surface area contributed by atoms with Crippen molar-refractivity contribution in [2.24, 2.45) is 0 Å². The zero-order valence-electron chi connectivity index (χ0n) is 14.9. The number of sulfonamides is 2. The monoisotopic (exact) mass is 446 g/mol. The Balaban J connectivity index is 1.75. The molecule has 0 heterocycles. The van der Waals surface area contributed by atoms with Crippen molar-refractivity contribution in [1.29, 1.82) is 0 Å². The van der Waals surface area contributed by atoms with Gasteiger partial charge in [0.15, 0.2) is 0 Å². The van der Waals surface area contributed by atoms with Crippen molar-refractivity contribution in [2.45, 2.75) is 23.9 Å². The SMILES string of the molecule is O=S(=O)(Nc1ccc(S(=O)(=O)NCC(F)(F)F)cc1)C1=Cc2ccccc2CC1. The topological polar surface area (TPSA) is 92.3 Å². The molecule has 0 atom stereocenters. The maximum Gasteiger partial charge on any atom is 0.402 e. The summed E-state index contributed by atoms with van der Waals surface area (Å²) in [5, 5.41) is 0. The highest BCUT2D eigenvalue weighted by molar-refractivity contribution is 7.96. The number of benzene rings is 2. The normalized spacial score (nSPS) is 14.8. The first-order valence-electron chi connectivity index (χ1n) is 8.44. The predicted octanol–water partition coefficient (Wildman–Crippen LogP) is 3.26. The molecule has 0 spiro atoms. The Bertz CT molecular complexity index is 1140. The number of hydrogen-bond acceptors (Lipinski definition) is 4. The number of rotatable bonds is 6. The number of fused-ring (bicyclic) bond motifs is 1. The molecule has 3 rings (SSSR count). The van der Waals surface area contributed by atoms with Crippen LogP contribution in [-0.4, -0.2) is 29.6 Å². The molecule has 0 radical (unpaired) electrons. The maximum absolute atomic E-state index is 12.6. The summed E-state index contributed by atoms with van der Waals surface area (Å²) < 4.78 is 89.5. The lowest BCUT2D eigenvalue weighted by molar-refractivity contribution is -0.121. The highest BCUT2D eigenvalue weighted by Crippen LogP contribution is 2.28. The average molecular weight is 446 g/mol. The van der Waals surface area contributed by atoms with Crippen molar-refractivity contribution in [1.82, 2.24) is 4.72 Å². The first kappa shape index (κ1) is 21.3. The van der Waals surface area contributed by atoms with Crippen molar-refractivity contribution in [3.05, 3.63) is 64.6 Å². The lowest BCUT2D eigenvalue weighted by Gasteiger charge is -2.17. The lowest BCUT2D eigenvalue weighted by Crippen LogP contribution is -2.33. The van der Waals surface area contributed by atoms with E-state index < -0.39 is 37.7 Å². The zero-order chi connectivity index (χ0) is 21.3. The summed E-state index contributed by atoms with van der Waals surface area (Å²) in [4.78, 5) is -0.213.